The van der Waals surface area contributed by atoms with Gasteiger partial charge in [0, 0.05) is 12.8 Å². The predicted octanol–water partition coefficient (Wildman–Crippen LogP) is 3.48. The van der Waals surface area contributed by atoms with E-state index >= 15 is 4.39 Å². The Labute approximate surface area is 132 Å². The quantitative estimate of drug-likeness (QED) is 0.442. The third-order valence-corrected chi connectivity index (χ3v) is 5.55. The molecule has 1 saturated carbocycles. The number of hydrogen-bond donors (Lipinski definition) is 0. The van der Waals surface area contributed by atoms with Crippen molar-refractivity contribution in [2.75, 3.05) is 0 Å². The van der Waals surface area contributed by atoms with Gasteiger partial charge >= 0.3 is 5.97 Å². The second-order valence-corrected chi connectivity index (χ2v) is 12.0. The number of carbonyl (C=O) groups is 1. The Morgan fingerprint density at radius 3 is 2.59 bits per heavy atom. The van der Waals surface area contributed by atoms with Crippen molar-refractivity contribution < 1.29 is 23.1 Å². The number of esters is 1. The van der Waals surface area contributed by atoms with Gasteiger partial charge in [0.25, 0.3) is 5.67 Å². The highest BCUT2D eigenvalue weighted by Gasteiger charge is 2.63. The van der Waals surface area contributed by atoms with Gasteiger partial charge in [0.05, 0.1) is 0 Å². The Kier molecular flexibility index (Phi) is 3.98. The van der Waals surface area contributed by atoms with Gasteiger partial charge in [0.15, 0.2) is 8.32 Å². The van der Waals surface area contributed by atoms with Crippen LogP contribution in [0.15, 0.2) is 12.2 Å². The highest BCUT2D eigenvalue weighted by molar-refractivity contribution is 6.69. The van der Waals surface area contributed by atoms with Crippen LogP contribution < -0.4 is 0 Å². The van der Waals surface area contributed by atoms with E-state index in [1.54, 1.807) is 6.08 Å². The van der Waals surface area contributed by atoms with E-state index in [0.717, 1.165) is 19.3 Å². The van der Waals surface area contributed by atoms with E-state index in [4.69, 9.17) is 13.9 Å². The Bertz CT molecular complexity index is 481. The maximum atomic E-state index is 15.6. The number of hydrogen-bond acceptors (Lipinski definition) is 4. The lowest BCUT2D eigenvalue weighted by molar-refractivity contribution is -0.321. The Balaban J connectivity index is 1.86. The zero-order valence-corrected chi connectivity index (χ0v) is 14.6. The molecule has 1 heterocycles. The number of carbonyl (C=O) groups excluding carboxylic acids is 1. The molecule has 0 unspecified atom stereocenters. The maximum Gasteiger partial charge on any atom is 0.352 e. The van der Waals surface area contributed by atoms with E-state index in [-0.39, 0.29) is 0 Å². The second kappa shape index (κ2) is 5.42. The second-order valence-electron chi connectivity index (χ2n) is 7.55. The molecule has 3 atom stereocenters. The SMILES string of the molecule is C[Si](C)(C)O[C@H]1C=CC[C@H]2OC3(CCCCC3)OC(=O)[C@@]12F. The lowest BCUT2D eigenvalue weighted by Gasteiger charge is -2.50. The summed E-state index contributed by atoms with van der Waals surface area (Å²) in [6.07, 6.45) is 6.51. The molecule has 2 fully saturated rings. The van der Waals surface area contributed by atoms with E-state index in [1.165, 1.54) is 0 Å². The van der Waals surface area contributed by atoms with Crippen molar-refractivity contribution >= 4 is 14.3 Å². The summed E-state index contributed by atoms with van der Waals surface area (Å²) in [5, 5.41) is 0. The molecular weight excluding hydrogens is 303 g/mol. The van der Waals surface area contributed by atoms with Gasteiger partial charge < -0.3 is 13.9 Å². The molecule has 0 aromatic heterocycles. The van der Waals surface area contributed by atoms with Crippen LogP contribution in [0.3, 0.4) is 0 Å². The van der Waals surface area contributed by atoms with Gasteiger partial charge in [-0.1, -0.05) is 18.6 Å². The van der Waals surface area contributed by atoms with Crippen molar-refractivity contribution in [3.05, 3.63) is 12.2 Å². The minimum atomic E-state index is -2.22. The number of rotatable bonds is 2. The van der Waals surface area contributed by atoms with Crippen LogP contribution in [-0.2, 0) is 18.7 Å². The fourth-order valence-electron chi connectivity index (χ4n) is 3.55. The molecule has 124 valence electrons. The summed E-state index contributed by atoms with van der Waals surface area (Å²) in [4.78, 5) is 12.5. The normalized spacial score (nSPS) is 37.7. The van der Waals surface area contributed by atoms with E-state index in [1.807, 2.05) is 25.7 Å². The van der Waals surface area contributed by atoms with Crippen molar-refractivity contribution in [1.29, 1.82) is 0 Å². The van der Waals surface area contributed by atoms with Gasteiger partial charge in [0.1, 0.15) is 12.2 Å². The summed E-state index contributed by atoms with van der Waals surface area (Å²) in [5.41, 5.74) is -2.22. The first kappa shape index (κ1) is 16.1. The molecule has 6 heteroatoms. The number of halogens is 1. The van der Waals surface area contributed by atoms with E-state index in [0.29, 0.717) is 19.3 Å². The van der Waals surface area contributed by atoms with Gasteiger partial charge in [-0.25, -0.2) is 9.18 Å². The molecule has 0 aromatic carbocycles. The summed E-state index contributed by atoms with van der Waals surface area (Å²) >= 11 is 0. The molecule has 1 aliphatic heterocycles. The van der Waals surface area contributed by atoms with Crippen molar-refractivity contribution in [3.8, 4) is 0 Å². The van der Waals surface area contributed by atoms with E-state index in [2.05, 4.69) is 0 Å². The molecule has 22 heavy (non-hydrogen) atoms. The lowest BCUT2D eigenvalue weighted by atomic mass is 9.82. The first-order valence-corrected chi connectivity index (χ1v) is 11.6. The van der Waals surface area contributed by atoms with E-state index < -0.39 is 38.0 Å². The molecule has 0 radical (unpaired) electrons. The van der Waals surface area contributed by atoms with Gasteiger partial charge in [0.2, 0.25) is 5.79 Å². The van der Waals surface area contributed by atoms with Gasteiger partial charge in [-0.05, 0) is 38.9 Å². The fourth-order valence-corrected chi connectivity index (χ4v) is 4.56. The largest absolute Gasteiger partial charge is 0.431 e. The van der Waals surface area contributed by atoms with Crippen molar-refractivity contribution in [2.24, 2.45) is 0 Å². The van der Waals surface area contributed by atoms with Crippen LogP contribution in [0.2, 0.25) is 19.6 Å². The van der Waals surface area contributed by atoms with Crippen LogP contribution in [0.4, 0.5) is 4.39 Å². The topological polar surface area (TPSA) is 44.8 Å². The molecule has 0 bridgehead atoms. The summed E-state index contributed by atoms with van der Waals surface area (Å²) in [7, 11) is -2.00. The molecule has 1 saturated heterocycles. The molecule has 4 nitrogen and oxygen atoms in total. The van der Waals surface area contributed by atoms with E-state index in [9.17, 15) is 4.79 Å². The molecule has 0 amide bonds. The average Bonchev–Trinajstić information content (AvgIpc) is 2.41. The molecule has 1 spiro atoms. The first-order valence-electron chi connectivity index (χ1n) is 8.20. The lowest BCUT2D eigenvalue weighted by Crippen LogP contribution is -2.67. The zero-order valence-electron chi connectivity index (χ0n) is 13.6. The summed E-state index contributed by atoms with van der Waals surface area (Å²) in [6.45, 7) is 5.93. The zero-order chi connectivity index (χ0) is 16.0. The van der Waals surface area contributed by atoms with Crippen LogP contribution >= 0.6 is 0 Å². The highest BCUT2D eigenvalue weighted by atomic mass is 28.4. The summed E-state index contributed by atoms with van der Waals surface area (Å²) in [5.74, 6) is -1.72. The van der Waals surface area contributed by atoms with Crippen molar-refractivity contribution in [1.82, 2.24) is 0 Å². The summed E-state index contributed by atoms with van der Waals surface area (Å²) < 4.78 is 33.0. The molecule has 0 N–H and O–H groups in total. The number of fused-ring (bicyclic) bond motifs is 1. The molecular formula is C16H25FO4Si. The van der Waals surface area contributed by atoms with Crippen LogP contribution in [0.1, 0.15) is 38.5 Å². The molecule has 3 aliphatic rings. The minimum Gasteiger partial charge on any atom is -0.431 e. The van der Waals surface area contributed by atoms with Crippen LogP contribution in [0, 0.1) is 0 Å². The predicted molar refractivity (Wildman–Crippen MR) is 82.6 cm³/mol. The standard InChI is InChI=1S/C16H25FO4Si/c1-22(2,3)21-13-9-7-8-12-16(13,17)14(18)20-15(19-12)10-5-4-6-11-15/h7,9,12-13H,4-6,8,10-11H2,1-3H3/t12-,13+,16+/m1/s1. The maximum absolute atomic E-state index is 15.6. The van der Waals surface area contributed by atoms with Gasteiger partial charge in [-0.15, -0.1) is 0 Å². The van der Waals surface area contributed by atoms with Crippen LogP contribution in [0.25, 0.3) is 0 Å². The highest BCUT2D eigenvalue weighted by Crippen LogP contribution is 2.46. The average molecular weight is 328 g/mol. The van der Waals surface area contributed by atoms with Crippen LogP contribution in [-0.4, -0.2) is 38.0 Å². The van der Waals surface area contributed by atoms with Gasteiger partial charge in [-0.3, -0.25) is 0 Å². The van der Waals surface area contributed by atoms with Crippen LogP contribution in [0.5, 0.6) is 0 Å². The van der Waals surface area contributed by atoms with Crippen molar-refractivity contribution in [3.63, 3.8) is 0 Å². The van der Waals surface area contributed by atoms with Crippen molar-refractivity contribution in [2.45, 2.75) is 81.8 Å². The first-order chi connectivity index (χ1) is 10.3. The molecule has 2 aliphatic carbocycles. The minimum absolute atomic E-state index is 0.388. The Hall–Kier alpha value is -0.723. The third-order valence-electron chi connectivity index (χ3n) is 4.59. The number of ether oxygens (including phenoxy) is 2. The van der Waals surface area contributed by atoms with Gasteiger partial charge in [-0.2, -0.15) is 0 Å². The Morgan fingerprint density at radius 1 is 1.27 bits per heavy atom. The monoisotopic (exact) mass is 328 g/mol. The smallest absolute Gasteiger partial charge is 0.352 e. The fraction of sp³-hybridized carbons (Fsp3) is 0.812. The molecule has 0 aromatic rings. The third kappa shape index (κ3) is 2.76. The summed E-state index contributed by atoms with van der Waals surface area (Å²) in [6, 6.07) is 0. The molecule has 3 rings (SSSR count). The number of alkyl halides is 1. The Morgan fingerprint density at radius 2 is 1.95 bits per heavy atom.